The van der Waals surface area contributed by atoms with Gasteiger partial charge in [-0.1, -0.05) is 38.1 Å². The van der Waals surface area contributed by atoms with Gasteiger partial charge >= 0.3 is 0 Å². The monoisotopic (exact) mass is 308 g/mol. The first kappa shape index (κ1) is 14.1. The van der Waals surface area contributed by atoms with E-state index in [9.17, 15) is 0 Å². The predicted molar refractivity (Wildman–Crippen MR) is 88.3 cm³/mol. The van der Waals surface area contributed by atoms with Gasteiger partial charge in [-0.15, -0.1) is 14.8 Å². The minimum absolute atomic E-state index is 0.562. The molecule has 1 fully saturated rings. The van der Waals surface area contributed by atoms with E-state index in [0.29, 0.717) is 17.6 Å². The molecule has 6 heteroatoms. The highest BCUT2D eigenvalue weighted by Crippen LogP contribution is 2.32. The Balaban J connectivity index is 1.60. The van der Waals surface area contributed by atoms with Gasteiger partial charge in [-0.25, -0.2) is 0 Å². The number of nitrogens with zero attached hydrogens (tertiary/aromatic N) is 6. The molecular weight excluding hydrogens is 288 g/mol. The maximum atomic E-state index is 4.55. The second-order valence-corrected chi connectivity index (χ2v) is 6.47. The molecule has 2 aromatic heterocycles. The highest BCUT2D eigenvalue weighted by atomic mass is 15.6. The number of fused-ring (bicyclic) bond motifs is 1. The average Bonchev–Trinajstić information content (AvgIpc) is 3.29. The Morgan fingerprint density at radius 3 is 2.61 bits per heavy atom. The van der Waals surface area contributed by atoms with E-state index in [1.807, 2.05) is 12.1 Å². The normalized spacial score (nSPS) is 14.6. The van der Waals surface area contributed by atoms with Crippen LogP contribution >= 0.6 is 0 Å². The Morgan fingerprint density at radius 1 is 1.13 bits per heavy atom. The maximum absolute atomic E-state index is 4.55. The summed E-state index contributed by atoms with van der Waals surface area (Å²) in [6, 6.07) is 13.4. The van der Waals surface area contributed by atoms with Gasteiger partial charge in [0.15, 0.2) is 11.5 Å². The smallest absolute Gasteiger partial charge is 0.200 e. The molecule has 0 aliphatic heterocycles. The van der Waals surface area contributed by atoms with E-state index in [0.717, 1.165) is 12.4 Å². The summed E-state index contributed by atoms with van der Waals surface area (Å²) < 4.78 is 1.49. The molecule has 3 aromatic rings. The SMILES string of the molecule is CC(C)c1ccc(CN(c2ccc3nnnn3n2)C2CC2)cc1. The van der Waals surface area contributed by atoms with Crippen LogP contribution in [0.3, 0.4) is 0 Å². The summed E-state index contributed by atoms with van der Waals surface area (Å²) in [5, 5.41) is 16.0. The third kappa shape index (κ3) is 2.88. The van der Waals surface area contributed by atoms with Crippen molar-refractivity contribution in [2.45, 2.75) is 45.2 Å². The number of aromatic nitrogens is 5. The molecule has 1 aliphatic rings. The van der Waals surface area contributed by atoms with E-state index in [1.54, 1.807) is 0 Å². The average molecular weight is 308 g/mol. The van der Waals surface area contributed by atoms with Crippen LogP contribution in [0.25, 0.3) is 5.65 Å². The van der Waals surface area contributed by atoms with Crippen molar-refractivity contribution >= 4 is 11.5 Å². The highest BCUT2D eigenvalue weighted by molar-refractivity contribution is 5.47. The number of tetrazole rings is 1. The molecule has 0 spiro atoms. The lowest BCUT2D eigenvalue weighted by molar-refractivity contribution is 0.699. The first-order chi connectivity index (χ1) is 11.2. The lowest BCUT2D eigenvalue weighted by Crippen LogP contribution is -2.26. The van der Waals surface area contributed by atoms with E-state index >= 15 is 0 Å². The van der Waals surface area contributed by atoms with Crippen LogP contribution in [0, 0.1) is 0 Å². The van der Waals surface area contributed by atoms with Crippen molar-refractivity contribution < 1.29 is 0 Å². The molecule has 6 nitrogen and oxygen atoms in total. The summed E-state index contributed by atoms with van der Waals surface area (Å²) in [4.78, 5) is 2.35. The highest BCUT2D eigenvalue weighted by Gasteiger charge is 2.30. The van der Waals surface area contributed by atoms with Crippen molar-refractivity contribution in [3.8, 4) is 0 Å². The molecule has 23 heavy (non-hydrogen) atoms. The molecule has 2 heterocycles. The van der Waals surface area contributed by atoms with Gasteiger partial charge in [0, 0.05) is 12.6 Å². The number of anilines is 1. The largest absolute Gasteiger partial charge is 0.348 e. The maximum Gasteiger partial charge on any atom is 0.200 e. The topological polar surface area (TPSA) is 59.2 Å². The zero-order valence-electron chi connectivity index (χ0n) is 13.4. The molecule has 1 aliphatic carbocycles. The van der Waals surface area contributed by atoms with Crippen molar-refractivity contribution in [2.24, 2.45) is 0 Å². The minimum atomic E-state index is 0.562. The summed E-state index contributed by atoms with van der Waals surface area (Å²) in [7, 11) is 0. The van der Waals surface area contributed by atoms with Crippen LogP contribution in [-0.4, -0.2) is 31.3 Å². The van der Waals surface area contributed by atoms with Crippen LogP contribution in [0.4, 0.5) is 5.82 Å². The Kier molecular flexibility index (Phi) is 3.44. The molecule has 0 atom stereocenters. The van der Waals surface area contributed by atoms with Crippen LogP contribution in [0.2, 0.25) is 0 Å². The molecule has 118 valence electrons. The summed E-state index contributed by atoms with van der Waals surface area (Å²) in [6.45, 7) is 5.30. The Bertz CT molecular complexity index is 803. The van der Waals surface area contributed by atoms with Crippen molar-refractivity contribution in [1.82, 2.24) is 25.3 Å². The molecule has 0 N–H and O–H groups in total. The van der Waals surface area contributed by atoms with Gasteiger partial charge in [0.2, 0.25) is 0 Å². The van der Waals surface area contributed by atoms with Crippen molar-refractivity contribution in [3.05, 3.63) is 47.5 Å². The molecule has 0 bridgehead atoms. The van der Waals surface area contributed by atoms with Gasteiger partial charge in [0.05, 0.1) is 0 Å². The van der Waals surface area contributed by atoms with E-state index < -0.39 is 0 Å². The van der Waals surface area contributed by atoms with Crippen LogP contribution in [0.5, 0.6) is 0 Å². The molecule has 0 radical (unpaired) electrons. The quantitative estimate of drug-likeness (QED) is 0.725. The second kappa shape index (κ2) is 5.61. The van der Waals surface area contributed by atoms with Crippen molar-refractivity contribution in [1.29, 1.82) is 0 Å². The fraction of sp³-hybridized carbons (Fsp3) is 0.412. The van der Waals surface area contributed by atoms with Gasteiger partial charge in [-0.05, 0) is 52.4 Å². The Morgan fingerprint density at radius 2 is 1.91 bits per heavy atom. The number of rotatable bonds is 5. The van der Waals surface area contributed by atoms with Crippen LogP contribution in [0.1, 0.15) is 43.7 Å². The minimum Gasteiger partial charge on any atom is -0.348 e. The van der Waals surface area contributed by atoms with Gasteiger partial charge in [0.1, 0.15) is 0 Å². The lowest BCUT2D eigenvalue weighted by atomic mass is 10.0. The van der Waals surface area contributed by atoms with E-state index in [2.05, 4.69) is 63.6 Å². The lowest BCUT2D eigenvalue weighted by Gasteiger charge is -2.23. The molecular formula is C17H20N6. The second-order valence-electron chi connectivity index (χ2n) is 6.47. The van der Waals surface area contributed by atoms with E-state index in [1.165, 1.54) is 28.6 Å². The standard InChI is InChI=1S/C17H20N6/c1-12(2)14-5-3-13(4-6-14)11-22(15-7-8-15)17-10-9-16-18-20-21-23(16)19-17/h3-6,9-10,12,15H,7-8,11H2,1-2H3. The fourth-order valence-corrected chi connectivity index (χ4v) is 2.78. The van der Waals surface area contributed by atoms with Gasteiger partial charge in [-0.2, -0.15) is 0 Å². The zero-order valence-corrected chi connectivity index (χ0v) is 13.4. The van der Waals surface area contributed by atoms with Crippen LogP contribution in [0.15, 0.2) is 36.4 Å². The summed E-state index contributed by atoms with van der Waals surface area (Å²) in [6.07, 6.45) is 2.44. The summed E-state index contributed by atoms with van der Waals surface area (Å²) >= 11 is 0. The first-order valence-electron chi connectivity index (χ1n) is 8.11. The molecule has 0 unspecified atom stereocenters. The zero-order chi connectivity index (χ0) is 15.8. The van der Waals surface area contributed by atoms with Crippen molar-refractivity contribution in [3.63, 3.8) is 0 Å². The van der Waals surface area contributed by atoms with Gasteiger partial charge in [0.25, 0.3) is 0 Å². The van der Waals surface area contributed by atoms with E-state index in [-0.39, 0.29) is 0 Å². The number of hydrogen-bond donors (Lipinski definition) is 0. The molecule has 4 rings (SSSR count). The fourth-order valence-electron chi connectivity index (χ4n) is 2.78. The van der Waals surface area contributed by atoms with Gasteiger partial charge < -0.3 is 4.90 Å². The van der Waals surface area contributed by atoms with Crippen LogP contribution < -0.4 is 4.90 Å². The van der Waals surface area contributed by atoms with E-state index in [4.69, 9.17) is 0 Å². The van der Waals surface area contributed by atoms with Crippen molar-refractivity contribution in [2.75, 3.05) is 4.90 Å². The van der Waals surface area contributed by atoms with Gasteiger partial charge in [-0.3, -0.25) is 0 Å². The third-order valence-electron chi connectivity index (χ3n) is 4.34. The first-order valence-corrected chi connectivity index (χ1v) is 8.11. The molecule has 0 saturated heterocycles. The predicted octanol–water partition coefficient (Wildman–Crippen LogP) is 2.81. The summed E-state index contributed by atoms with van der Waals surface area (Å²) in [5.41, 5.74) is 3.35. The molecule has 0 amide bonds. The van der Waals surface area contributed by atoms with Crippen LogP contribution in [-0.2, 0) is 6.54 Å². The Hall–Kier alpha value is -2.50. The third-order valence-corrected chi connectivity index (χ3v) is 4.34. The number of hydrogen-bond acceptors (Lipinski definition) is 5. The summed E-state index contributed by atoms with van der Waals surface area (Å²) in [5.74, 6) is 1.49. The Labute approximate surface area is 135 Å². The molecule has 1 aromatic carbocycles. The molecule has 1 saturated carbocycles. The number of benzene rings is 1.